The predicted molar refractivity (Wildman–Crippen MR) is 75.0 cm³/mol. The van der Waals surface area contributed by atoms with Crippen molar-refractivity contribution in [3.8, 4) is 0 Å². The van der Waals surface area contributed by atoms with Crippen LogP contribution in [0.25, 0.3) is 0 Å². The molecule has 0 aromatic carbocycles. The average Bonchev–Trinajstić information content (AvgIpc) is 2.34. The molecule has 96 valence electrons. The maximum atomic E-state index is 4.21. The number of pyridine rings is 1. The van der Waals surface area contributed by atoms with Crippen LogP contribution in [0.2, 0.25) is 0 Å². The van der Waals surface area contributed by atoms with Crippen molar-refractivity contribution < 1.29 is 0 Å². The summed E-state index contributed by atoms with van der Waals surface area (Å²) in [6, 6.07) is 4.26. The summed E-state index contributed by atoms with van der Waals surface area (Å²) < 4.78 is 0. The molecule has 0 amide bonds. The van der Waals surface area contributed by atoms with Gasteiger partial charge in [-0.25, -0.2) is 0 Å². The molecule has 1 rings (SSSR count). The molecule has 0 aliphatic rings. The van der Waals surface area contributed by atoms with Crippen molar-refractivity contribution in [2.75, 3.05) is 0 Å². The maximum absolute atomic E-state index is 4.21. The van der Waals surface area contributed by atoms with Gasteiger partial charge in [-0.2, -0.15) is 0 Å². The van der Waals surface area contributed by atoms with Crippen molar-refractivity contribution in [2.45, 2.75) is 59.3 Å². The van der Waals surface area contributed by atoms with E-state index >= 15 is 0 Å². The monoisotopic (exact) mass is 233 g/mol. The number of aromatic nitrogens is 1. The smallest absolute Gasteiger partial charge is 0.0299 e. The van der Waals surface area contributed by atoms with Crippen molar-refractivity contribution in [2.24, 2.45) is 11.8 Å². The third-order valence-corrected chi connectivity index (χ3v) is 3.37. The molecule has 0 radical (unpaired) electrons. The highest BCUT2D eigenvalue weighted by molar-refractivity contribution is 5.09. The molecule has 0 fully saturated rings. The Balaban J connectivity index is 2.44. The summed E-state index contributed by atoms with van der Waals surface area (Å²) >= 11 is 0. The highest BCUT2D eigenvalue weighted by atomic mass is 14.6. The third-order valence-electron chi connectivity index (χ3n) is 3.37. The minimum absolute atomic E-state index is 0.827. The van der Waals surface area contributed by atoms with E-state index in [1.807, 2.05) is 12.4 Å². The summed E-state index contributed by atoms with van der Waals surface area (Å²) in [6.07, 6.45) is 11.9. The van der Waals surface area contributed by atoms with Gasteiger partial charge in [-0.05, 0) is 36.3 Å². The zero-order valence-electron chi connectivity index (χ0n) is 11.7. The quantitative estimate of drug-likeness (QED) is 0.624. The fourth-order valence-electron chi connectivity index (χ4n) is 2.26. The van der Waals surface area contributed by atoms with E-state index in [1.165, 1.54) is 44.1 Å². The van der Waals surface area contributed by atoms with E-state index in [0.717, 1.165) is 11.8 Å². The van der Waals surface area contributed by atoms with Gasteiger partial charge in [0.2, 0.25) is 0 Å². The van der Waals surface area contributed by atoms with Crippen molar-refractivity contribution >= 4 is 0 Å². The van der Waals surface area contributed by atoms with E-state index in [0.29, 0.717) is 0 Å². The molecule has 0 spiro atoms. The van der Waals surface area contributed by atoms with Gasteiger partial charge in [0.25, 0.3) is 0 Å². The molecule has 0 saturated carbocycles. The average molecular weight is 233 g/mol. The second-order valence-electron chi connectivity index (χ2n) is 5.54. The topological polar surface area (TPSA) is 12.9 Å². The van der Waals surface area contributed by atoms with Crippen LogP contribution in [0.4, 0.5) is 0 Å². The standard InChI is InChI=1S/C16H27N/c1-4-5-7-15(10-9-14(2)3)12-16-8-6-11-17-13-16/h6,8,11,13-15H,4-5,7,9-10,12H2,1-3H3. The first kappa shape index (κ1) is 14.2. The van der Waals surface area contributed by atoms with Gasteiger partial charge in [0, 0.05) is 12.4 Å². The van der Waals surface area contributed by atoms with Crippen molar-refractivity contribution in [3.63, 3.8) is 0 Å². The summed E-state index contributed by atoms with van der Waals surface area (Å²) in [5, 5.41) is 0. The molecule has 1 unspecified atom stereocenters. The van der Waals surface area contributed by atoms with E-state index in [2.05, 4.69) is 37.9 Å². The van der Waals surface area contributed by atoms with E-state index in [4.69, 9.17) is 0 Å². The maximum Gasteiger partial charge on any atom is 0.0299 e. The van der Waals surface area contributed by atoms with Crippen LogP contribution in [0.3, 0.4) is 0 Å². The van der Waals surface area contributed by atoms with Crippen LogP contribution >= 0.6 is 0 Å². The van der Waals surface area contributed by atoms with Crippen LogP contribution in [0, 0.1) is 11.8 Å². The summed E-state index contributed by atoms with van der Waals surface area (Å²) in [7, 11) is 0. The van der Waals surface area contributed by atoms with Crippen LogP contribution in [0.5, 0.6) is 0 Å². The zero-order valence-corrected chi connectivity index (χ0v) is 11.7. The fraction of sp³-hybridized carbons (Fsp3) is 0.688. The van der Waals surface area contributed by atoms with Gasteiger partial charge in [0.15, 0.2) is 0 Å². The number of rotatable bonds is 8. The largest absolute Gasteiger partial charge is 0.264 e. The van der Waals surface area contributed by atoms with Gasteiger partial charge in [-0.3, -0.25) is 4.98 Å². The molecule has 0 bridgehead atoms. The van der Waals surface area contributed by atoms with Gasteiger partial charge in [0.05, 0.1) is 0 Å². The van der Waals surface area contributed by atoms with Crippen molar-refractivity contribution in [1.29, 1.82) is 0 Å². The lowest BCUT2D eigenvalue weighted by atomic mass is 9.88. The number of unbranched alkanes of at least 4 members (excludes halogenated alkanes) is 1. The van der Waals surface area contributed by atoms with Gasteiger partial charge in [0.1, 0.15) is 0 Å². The summed E-state index contributed by atoms with van der Waals surface area (Å²) in [5.41, 5.74) is 1.40. The molecule has 1 aromatic rings. The molecule has 0 aliphatic heterocycles. The lowest BCUT2D eigenvalue weighted by Crippen LogP contribution is -2.06. The molecule has 1 nitrogen and oxygen atoms in total. The number of nitrogens with zero attached hydrogens (tertiary/aromatic N) is 1. The second-order valence-corrected chi connectivity index (χ2v) is 5.54. The van der Waals surface area contributed by atoms with E-state index in [1.54, 1.807) is 0 Å². The Morgan fingerprint density at radius 3 is 2.59 bits per heavy atom. The van der Waals surface area contributed by atoms with Gasteiger partial charge in [-0.1, -0.05) is 52.5 Å². The highest BCUT2D eigenvalue weighted by Crippen LogP contribution is 2.22. The predicted octanol–water partition coefficient (Wildman–Crippen LogP) is 4.87. The number of hydrogen-bond acceptors (Lipinski definition) is 1. The molecule has 1 heteroatoms. The van der Waals surface area contributed by atoms with Crippen molar-refractivity contribution in [1.82, 2.24) is 4.98 Å². The van der Waals surface area contributed by atoms with Gasteiger partial charge < -0.3 is 0 Å². The van der Waals surface area contributed by atoms with Gasteiger partial charge >= 0.3 is 0 Å². The Hall–Kier alpha value is -0.850. The first-order chi connectivity index (χ1) is 8.22. The fourth-order valence-corrected chi connectivity index (χ4v) is 2.26. The van der Waals surface area contributed by atoms with E-state index in [-0.39, 0.29) is 0 Å². The lowest BCUT2D eigenvalue weighted by molar-refractivity contribution is 0.388. The molecule has 0 aliphatic carbocycles. The van der Waals surface area contributed by atoms with Crippen molar-refractivity contribution in [3.05, 3.63) is 30.1 Å². The molecule has 17 heavy (non-hydrogen) atoms. The Bertz CT molecular complexity index is 279. The Morgan fingerprint density at radius 2 is 2.00 bits per heavy atom. The molecule has 0 saturated heterocycles. The number of hydrogen-bond donors (Lipinski definition) is 0. The van der Waals surface area contributed by atoms with E-state index in [9.17, 15) is 0 Å². The zero-order chi connectivity index (χ0) is 12.5. The lowest BCUT2D eigenvalue weighted by Gasteiger charge is -2.17. The van der Waals surface area contributed by atoms with Crippen LogP contribution in [-0.4, -0.2) is 4.98 Å². The summed E-state index contributed by atoms with van der Waals surface area (Å²) in [4.78, 5) is 4.21. The molecular weight excluding hydrogens is 206 g/mol. The minimum Gasteiger partial charge on any atom is -0.264 e. The summed E-state index contributed by atoms with van der Waals surface area (Å²) in [5.74, 6) is 1.68. The van der Waals surface area contributed by atoms with Crippen LogP contribution in [-0.2, 0) is 6.42 Å². The molecule has 1 aromatic heterocycles. The minimum atomic E-state index is 0.827. The first-order valence-electron chi connectivity index (χ1n) is 7.11. The Labute approximate surface area is 107 Å². The summed E-state index contributed by atoms with van der Waals surface area (Å²) in [6.45, 7) is 6.92. The van der Waals surface area contributed by atoms with Crippen LogP contribution in [0.1, 0.15) is 58.4 Å². The molecule has 1 atom stereocenters. The highest BCUT2D eigenvalue weighted by Gasteiger charge is 2.10. The van der Waals surface area contributed by atoms with Gasteiger partial charge in [-0.15, -0.1) is 0 Å². The van der Waals surface area contributed by atoms with Crippen LogP contribution in [0.15, 0.2) is 24.5 Å². The first-order valence-corrected chi connectivity index (χ1v) is 7.11. The molecule has 1 heterocycles. The molecule has 0 N–H and O–H groups in total. The molecular formula is C16H27N. The SMILES string of the molecule is CCCCC(CCC(C)C)Cc1cccnc1. The second kappa shape index (κ2) is 8.27. The van der Waals surface area contributed by atoms with Crippen LogP contribution < -0.4 is 0 Å². The Kier molecular flexibility index (Phi) is 6.91. The Morgan fingerprint density at radius 1 is 1.18 bits per heavy atom. The van der Waals surface area contributed by atoms with E-state index < -0.39 is 0 Å². The normalized spacial score (nSPS) is 12.9. The third kappa shape index (κ3) is 6.45.